The third-order valence-electron chi connectivity index (χ3n) is 5.62. The Labute approximate surface area is 195 Å². The highest BCUT2D eigenvalue weighted by Crippen LogP contribution is 2.37. The zero-order valence-electron chi connectivity index (χ0n) is 17.5. The molecule has 0 saturated heterocycles. The molecule has 3 N–H and O–H groups in total. The third kappa shape index (κ3) is 4.38. The molecule has 1 aromatic heterocycles. The number of benzene rings is 3. The zero-order valence-corrected chi connectivity index (χ0v) is 18.3. The van der Waals surface area contributed by atoms with Gasteiger partial charge in [-0.05, 0) is 78.6 Å². The van der Waals surface area contributed by atoms with Gasteiger partial charge in [0.15, 0.2) is 5.82 Å². The highest BCUT2D eigenvalue weighted by atomic mass is 35.5. The smallest absolute Gasteiger partial charge is 0.230 e. The summed E-state index contributed by atoms with van der Waals surface area (Å²) in [6.45, 7) is 0. The monoisotopic (exact) mass is 457 g/mol. The number of hydrogen-bond donors (Lipinski definition) is 3. The Hall–Kier alpha value is -3.90. The van der Waals surface area contributed by atoms with Gasteiger partial charge in [-0.1, -0.05) is 23.7 Å². The van der Waals surface area contributed by atoms with Crippen molar-refractivity contribution in [3.05, 3.63) is 88.6 Å². The number of rotatable bonds is 4. The van der Waals surface area contributed by atoms with Crippen LogP contribution in [0.2, 0.25) is 5.02 Å². The van der Waals surface area contributed by atoms with Crippen LogP contribution in [0, 0.1) is 0 Å². The standard InChI is InChI=1S/C26H20ClN3O3/c27-18-6-1-15(2-7-18)13-23(33)29-26-24(16-3-8-19(31)9-4-16)30-25-21-11-10-20(32)14-17(21)5-12-22(25)28-26/h1-4,6-11,14,31-32H,5,12-13H2,(H,28,29,33). The molecule has 5 rings (SSSR count). The van der Waals surface area contributed by atoms with E-state index in [1.807, 2.05) is 18.2 Å². The highest BCUT2D eigenvalue weighted by Gasteiger charge is 2.23. The number of hydrogen-bond acceptors (Lipinski definition) is 5. The molecular weight excluding hydrogens is 438 g/mol. The Morgan fingerprint density at radius 2 is 1.61 bits per heavy atom. The first-order valence-electron chi connectivity index (χ1n) is 10.5. The van der Waals surface area contributed by atoms with Gasteiger partial charge in [-0.2, -0.15) is 0 Å². The Balaban J connectivity index is 1.55. The lowest BCUT2D eigenvalue weighted by molar-refractivity contribution is -0.115. The molecule has 0 aliphatic heterocycles. The maximum Gasteiger partial charge on any atom is 0.230 e. The van der Waals surface area contributed by atoms with E-state index in [-0.39, 0.29) is 23.8 Å². The minimum absolute atomic E-state index is 0.138. The van der Waals surface area contributed by atoms with Crippen molar-refractivity contribution < 1.29 is 15.0 Å². The molecule has 164 valence electrons. The summed E-state index contributed by atoms with van der Waals surface area (Å²) in [6, 6.07) is 19.0. The van der Waals surface area contributed by atoms with Gasteiger partial charge >= 0.3 is 0 Å². The van der Waals surface area contributed by atoms with E-state index in [4.69, 9.17) is 21.6 Å². The van der Waals surface area contributed by atoms with Gasteiger partial charge in [-0.3, -0.25) is 4.79 Å². The summed E-state index contributed by atoms with van der Waals surface area (Å²) in [7, 11) is 0. The Morgan fingerprint density at radius 3 is 2.36 bits per heavy atom. The number of carbonyl (C=O) groups excluding carboxylic acids is 1. The van der Waals surface area contributed by atoms with Crippen molar-refractivity contribution in [3.63, 3.8) is 0 Å². The predicted octanol–water partition coefficient (Wildman–Crippen LogP) is 5.16. The van der Waals surface area contributed by atoms with E-state index in [0.29, 0.717) is 23.0 Å². The average molecular weight is 458 g/mol. The van der Waals surface area contributed by atoms with Gasteiger partial charge in [-0.15, -0.1) is 0 Å². The molecule has 0 fully saturated rings. The summed E-state index contributed by atoms with van der Waals surface area (Å²) in [4.78, 5) is 22.5. The van der Waals surface area contributed by atoms with Crippen LogP contribution in [0.4, 0.5) is 5.82 Å². The molecular formula is C26H20ClN3O3. The van der Waals surface area contributed by atoms with Crippen LogP contribution in [-0.2, 0) is 24.1 Å². The van der Waals surface area contributed by atoms with E-state index in [9.17, 15) is 15.0 Å². The number of nitrogens with one attached hydrogen (secondary N) is 1. The van der Waals surface area contributed by atoms with Crippen LogP contribution >= 0.6 is 11.6 Å². The quantitative estimate of drug-likeness (QED) is 0.393. The Morgan fingerprint density at radius 1 is 0.879 bits per heavy atom. The van der Waals surface area contributed by atoms with Gasteiger partial charge in [-0.25, -0.2) is 9.97 Å². The number of nitrogens with zero attached hydrogens (tertiary/aromatic N) is 2. The number of aromatic nitrogens is 2. The maximum absolute atomic E-state index is 12.8. The molecule has 0 radical (unpaired) electrons. The molecule has 6 nitrogen and oxygen atoms in total. The van der Waals surface area contributed by atoms with E-state index >= 15 is 0 Å². The molecule has 0 unspecified atom stereocenters. The number of anilines is 1. The number of amides is 1. The fourth-order valence-corrected chi connectivity index (χ4v) is 4.13. The lowest BCUT2D eigenvalue weighted by atomic mass is 9.91. The van der Waals surface area contributed by atoms with E-state index in [1.54, 1.807) is 48.5 Å². The molecule has 1 aliphatic carbocycles. The zero-order chi connectivity index (χ0) is 22.9. The second-order valence-electron chi connectivity index (χ2n) is 7.96. The van der Waals surface area contributed by atoms with Crippen molar-refractivity contribution in [2.45, 2.75) is 19.3 Å². The van der Waals surface area contributed by atoms with Gasteiger partial charge in [0, 0.05) is 16.1 Å². The molecule has 1 aliphatic rings. The van der Waals surface area contributed by atoms with E-state index in [0.717, 1.165) is 40.1 Å². The predicted molar refractivity (Wildman–Crippen MR) is 127 cm³/mol. The topological polar surface area (TPSA) is 95.3 Å². The van der Waals surface area contributed by atoms with Gasteiger partial charge in [0.25, 0.3) is 0 Å². The molecule has 7 heteroatoms. The van der Waals surface area contributed by atoms with Crippen LogP contribution in [0.5, 0.6) is 11.5 Å². The van der Waals surface area contributed by atoms with Crippen LogP contribution in [0.15, 0.2) is 66.7 Å². The SMILES string of the molecule is O=C(Cc1ccc(Cl)cc1)Nc1nc2c(nc1-c1ccc(O)cc1)-c1ccc(O)cc1CC2. The molecule has 0 saturated carbocycles. The summed E-state index contributed by atoms with van der Waals surface area (Å²) >= 11 is 5.94. The molecule has 33 heavy (non-hydrogen) atoms. The van der Waals surface area contributed by atoms with Gasteiger partial charge in [0.2, 0.25) is 5.91 Å². The normalized spacial score (nSPS) is 12.0. The van der Waals surface area contributed by atoms with Gasteiger partial charge < -0.3 is 15.5 Å². The van der Waals surface area contributed by atoms with Crippen molar-refractivity contribution in [3.8, 4) is 34.0 Å². The van der Waals surface area contributed by atoms with Crippen LogP contribution in [0.25, 0.3) is 22.5 Å². The fourth-order valence-electron chi connectivity index (χ4n) is 4.00. The molecule has 0 bridgehead atoms. The lowest BCUT2D eigenvalue weighted by Gasteiger charge is -2.21. The summed E-state index contributed by atoms with van der Waals surface area (Å²) in [6.07, 6.45) is 1.55. The molecule has 1 amide bonds. The first-order valence-corrected chi connectivity index (χ1v) is 10.9. The van der Waals surface area contributed by atoms with Crippen LogP contribution in [-0.4, -0.2) is 26.1 Å². The highest BCUT2D eigenvalue weighted by molar-refractivity contribution is 6.30. The average Bonchev–Trinajstić information content (AvgIpc) is 2.80. The minimum atomic E-state index is -0.215. The fraction of sp³-hybridized carbons (Fsp3) is 0.115. The van der Waals surface area contributed by atoms with Crippen LogP contribution < -0.4 is 5.32 Å². The molecule has 3 aromatic carbocycles. The van der Waals surface area contributed by atoms with Gasteiger partial charge in [0.1, 0.15) is 17.2 Å². The van der Waals surface area contributed by atoms with Crippen molar-refractivity contribution >= 4 is 23.3 Å². The first kappa shape index (κ1) is 21.0. The first-order chi connectivity index (χ1) is 16.0. The lowest BCUT2D eigenvalue weighted by Crippen LogP contribution is -2.18. The van der Waals surface area contributed by atoms with E-state index < -0.39 is 0 Å². The van der Waals surface area contributed by atoms with Crippen molar-refractivity contribution in [1.82, 2.24) is 9.97 Å². The second kappa shape index (κ2) is 8.56. The number of carbonyl (C=O) groups is 1. The number of halogens is 1. The largest absolute Gasteiger partial charge is 0.508 e. The number of aryl methyl sites for hydroxylation is 2. The molecule has 4 aromatic rings. The number of fused-ring (bicyclic) bond motifs is 3. The third-order valence-corrected chi connectivity index (χ3v) is 5.87. The summed E-state index contributed by atoms with van der Waals surface area (Å²) in [5, 5.41) is 23.1. The number of phenols is 2. The number of phenolic OH excluding ortho intramolecular Hbond substituents is 2. The van der Waals surface area contributed by atoms with Crippen molar-refractivity contribution in [2.75, 3.05) is 5.32 Å². The summed E-state index contributed by atoms with van der Waals surface area (Å²) in [5.41, 5.74) is 5.51. The number of aromatic hydroxyl groups is 2. The van der Waals surface area contributed by atoms with Crippen molar-refractivity contribution in [1.29, 1.82) is 0 Å². The van der Waals surface area contributed by atoms with Gasteiger partial charge in [0.05, 0.1) is 17.8 Å². The summed E-state index contributed by atoms with van der Waals surface area (Å²) < 4.78 is 0. The van der Waals surface area contributed by atoms with Crippen LogP contribution in [0.3, 0.4) is 0 Å². The summed E-state index contributed by atoms with van der Waals surface area (Å²) in [5.74, 6) is 0.516. The Bertz CT molecular complexity index is 1350. The second-order valence-corrected chi connectivity index (χ2v) is 8.39. The van der Waals surface area contributed by atoms with Crippen LogP contribution in [0.1, 0.15) is 16.8 Å². The molecule has 0 spiro atoms. The molecule has 0 atom stereocenters. The van der Waals surface area contributed by atoms with E-state index in [2.05, 4.69) is 5.32 Å². The van der Waals surface area contributed by atoms with E-state index in [1.165, 1.54) is 0 Å². The molecule has 1 heterocycles. The maximum atomic E-state index is 12.8. The van der Waals surface area contributed by atoms with Crippen molar-refractivity contribution in [2.24, 2.45) is 0 Å². The minimum Gasteiger partial charge on any atom is -0.508 e. The Kier molecular flexibility index (Phi) is 5.44.